The summed E-state index contributed by atoms with van der Waals surface area (Å²) in [5.41, 5.74) is 5.93. The fourth-order valence-electron chi connectivity index (χ4n) is 2.33. The highest BCUT2D eigenvalue weighted by Gasteiger charge is 2.29. The van der Waals surface area contributed by atoms with Gasteiger partial charge in [0.2, 0.25) is 10.0 Å². The zero-order valence-corrected chi connectivity index (χ0v) is 12.5. The molecule has 0 bridgehead atoms. The zero-order valence-electron chi connectivity index (χ0n) is 10.9. The number of nitrogen functional groups attached to an aromatic ring is 1. The Kier molecular flexibility index (Phi) is 4.70. The summed E-state index contributed by atoms with van der Waals surface area (Å²) in [7, 11) is -3.56. The number of nitrogens with one attached hydrogen (secondary N) is 1. The van der Waals surface area contributed by atoms with E-state index < -0.39 is 10.0 Å². The van der Waals surface area contributed by atoms with E-state index in [1.807, 2.05) is 11.8 Å². The van der Waals surface area contributed by atoms with Crippen molar-refractivity contribution >= 4 is 27.5 Å². The largest absolute Gasteiger partial charge is 0.398 e. The third kappa shape index (κ3) is 3.61. The van der Waals surface area contributed by atoms with Gasteiger partial charge in [0.1, 0.15) is 4.90 Å². The molecule has 2 unspecified atom stereocenters. The molecule has 1 aromatic heterocycles. The molecule has 106 valence electrons. The van der Waals surface area contributed by atoms with Crippen molar-refractivity contribution in [2.45, 2.75) is 42.4 Å². The number of hydrogen-bond donors (Lipinski definition) is 2. The number of nitrogens with zero attached hydrogens (tertiary/aromatic N) is 1. The number of thioether (sulfide) groups is 1. The zero-order chi connectivity index (χ0) is 13.9. The van der Waals surface area contributed by atoms with Gasteiger partial charge in [-0.1, -0.05) is 6.92 Å². The van der Waals surface area contributed by atoms with Gasteiger partial charge in [0.15, 0.2) is 0 Å². The van der Waals surface area contributed by atoms with E-state index >= 15 is 0 Å². The Labute approximate surface area is 118 Å². The monoisotopic (exact) mass is 301 g/mol. The molecular weight excluding hydrogens is 282 g/mol. The van der Waals surface area contributed by atoms with Gasteiger partial charge in [0, 0.05) is 23.7 Å². The Morgan fingerprint density at radius 2 is 2.32 bits per heavy atom. The lowest BCUT2D eigenvalue weighted by molar-refractivity contribution is 0.552. The summed E-state index contributed by atoms with van der Waals surface area (Å²) in [4.78, 5) is 3.90. The van der Waals surface area contributed by atoms with Crippen LogP contribution in [0.15, 0.2) is 23.4 Å². The summed E-state index contributed by atoms with van der Waals surface area (Å²) in [5.74, 6) is 1.07. The van der Waals surface area contributed by atoms with E-state index in [4.69, 9.17) is 5.73 Å². The summed E-state index contributed by atoms with van der Waals surface area (Å²) in [6, 6.07) is 1.51. The molecule has 1 fully saturated rings. The van der Waals surface area contributed by atoms with E-state index in [9.17, 15) is 8.42 Å². The number of pyridine rings is 1. The maximum Gasteiger partial charge on any atom is 0.244 e. The molecule has 1 saturated carbocycles. The van der Waals surface area contributed by atoms with Gasteiger partial charge in [0.25, 0.3) is 0 Å². The van der Waals surface area contributed by atoms with E-state index in [2.05, 4.69) is 16.6 Å². The SMILES string of the molecule is CCSC1CCC(NS(=O)(=O)c2cnccc2N)C1. The Morgan fingerprint density at radius 1 is 1.53 bits per heavy atom. The Balaban J connectivity index is 2.05. The van der Waals surface area contributed by atoms with Gasteiger partial charge in [-0.05, 0) is 31.1 Å². The van der Waals surface area contributed by atoms with Crippen LogP contribution in [0, 0.1) is 0 Å². The number of sulfonamides is 1. The number of nitrogens with two attached hydrogens (primary N) is 1. The molecular formula is C12H19N3O2S2. The molecule has 19 heavy (non-hydrogen) atoms. The van der Waals surface area contributed by atoms with E-state index in [0.717, 1.165) is 25.0 Å². The molecule has 3 N–H and O–H groups in total. The number of hydrogen-bond acceptors (Lipinski definition) is 5. The highest BCUT2D eigenvalue weighted by Crippen LogP contribution is 2.30. The van der Waals surface area contributed by atoms with Gasteiger partial charge in [-0.2, -0.15) is 11.8 Å². The van der Waals surface area contributed by atoms with Crippen LogP contribution in [0.5, 0.6) is 0 Å². The summed E-state index contributed by atoms with van der Waals surface area (Å²) < 4.78 is 27.2. The number of anilines is 1. The van der Waals surface area contributed by atoms with Crippen LogP contribution >= 0.6 is 11.8 Å². The standard InChI is InChI=1S/C12H19N3O2S2/c1-2-18-10-4-3-9(7-10)15-19(16,17)12-8-14-6-5-11(12)13/h5-6,8-10,15H,2-4,7H2,1H3,(H2,13,14). The molecule has 0 aliphatic heterocycles. The molecule has 1 heterocycles. The van der Waals surface area contributed by atoms with E-state index in [1.54, 1.807) is 0 Å². The van der Waals surface area contributed by atoms with Crippen molar-refractivity contribution in [3.63, 3.8) is 0 Å². The van der Waals surface area contributed by atoms with Crippen LogP contribution < -0.4 is 10.5 Å². The molecule has 1 aromatic rings. The second-order valence-electron chi connectivity index (χ2n) is 4.62. The van der Waals surface area contributed by atoms with Crippen molar-refractivity contribution in [3.8, 4) is 0 Å². The lowest BCUT2D eigenvalue weighted by Crippen LogP contribution is -2.33. The molecule has 1 aliphatic rings. The molecule has 7 heteroatoms. The maximum absolute atomic E-state index is 12.2. The van der Waals surface area contributed by atoms with Gasteiger partial charge in [-0.3, -0.25) is 4.98 Å². The average molecular weight is 301 g/mol. The van der Waals surface area contributed by atoms with Crippen LogP contribution in [0.2, 0.25) is 0 Å². The first-order valence-electron chi connectivity index (χ1n) is 6.36. The first-order valence-corrected chi connectivity index (χ1v) is 8.89. The minimum Gasteiger partial charge on any atom is -0.398 e. The van der Waals surface area contributed by atoms with Gasteiger partial charge in [-0.25, -0.2) is 13.1 Å². The fraction of sp³-hybridized carbons (Fsp3) is 0.583. The van der Waals surface area contributed by atoms with E-state index in [1.165, 1.54) is 18.5 Å². The normalized spacial score (nSPS) is 23.6. The van der Waals surface area contributed by atoms with Crippen molar-refractivity contribution < 1.29 is 8.42 Å². The second kappa shape index (κ2) is 6.11. The van der Waals surface area contributed by atoms with Crippen molar-refractivity contribution in [3.05, 3.63) is 18.5 Å². The molecule has 2 rings (SSSR count). The molecule has 2 atom stereocenters. The quantitative estimate of drug-likeness (QED) is 0.863. The summed E-state index contributed by atoms with van der Waals surface area (Å²) >= 11 is 1.90. The van der Waals surface area contributed by atoms with E-state index in [0.29, 0.717) is 5.25 Å². The highest BCUT2D eigenvalue weighted by atomic mass is 32.2. The van der Waals surface area contributed by atoms with Crippen LogP contribution in [-0.4, -0.2) is 30.4 Å². The maximum atomic E-state index is 12.2. The third-order valence-corrected chi connectivity index (χ3v) is 6.01. The summed E-state index contributed by atoms with van der Waals surface area (Å²) in [6.07, 6.45) is 5.62. The lowest BCUT2D eigenvalue weighted by atomic mass is 10.3. The van der Waals surface area contributed by atoms with Crippen molar-refractivity contribution in [2.24, 2.45) is 0 Å². The predicted octanol–water partition coefficient (Wildman–Crippen LogP) is 1.62. The van der Waals surface area contributed by atoms with Crippen LogP contribution in [0.1, 0.15) is 26.2 Å². The first-order chi connectivity index (χ1) is 9.03. The van der Waals surface area contributed by atoms with Crippen molar-refractivity contribution in [1.82, 2.24) is 9.71 Å². The van der Waals surface area contributed by atoms with Gasteiger partial charge in [-0.15, -0.1) is 0 Å². The van der Waals surface area contributed by atoms with Crippen LogP contribution in [0.3, 0.4) is 0 Å². The smallest absolute Gasteiger partial charge is 0.244 e. The van der Waals surface area contributed by atoms with Gasteiger partial charge < -0.3 is 5.73 Å². The molecule has 1 aliphatic carbocycles. The Morgan fingerprint density at radius 3 is 3.00 bits per heavy atom. The number of rotatable bonds is 5. The third-order valence-electron chi connectivity index (χ3n) is 3.21. The lowest BCUT2D eigenvalue weighted by Gasteiger charge is -2.14. The van der Waals surface area contributed by atoms with Gasteiger partial charge in [0.05, 0.1) is 5.69 Å². The van der Waals surface area contributed by atoms with E-state index in [-0.39, 0.29) is 16.6 Å². The minimum atomic E-state index is -3.56. The topological polar surface area (TPSA) is 85.1 Å². The van der Waals surface area contributed by atoms with Crippen molar-refractivity contribution in [2.75, 3.05) is 11.5 Å². The molecule has 0 radical (unpaired) electrons. The predicted molar refractivity (Wildman–Crippen MR) is 78.5 cm³/mol. The van der Waals surface area contributed by atoms with Crippen LogP contribution in [0.25, 0.3) is 0 Å². The van der Waals surface area contributed by atoms with Crippen molar-refractivity contribution in [1.29, 1.82) is 0 Å². The Bertz CT molecular complexity index is 534. The average Bonchev–Trinajstić information content (AvgIpc) is 2.76. The first kappa shape index (κ1) is 14.6. The second-order valence-corrected chi connectivity index (χ2v) is 7.88. The molecule has 5 nitrogen and oxygen atoms in total. The van der Waals surface area contributed by atoms with Crippen LogP contribution in [-0.2, 0) is 10.0 Å². The molecule has 0 spiro atoms. The molecule has 0 saturated heterocycles. The summed E-state index contributed by atoms with van der Waals surface area (Å²) in [6.45, 7) is 2.12. The molecule has 0 aromatic carbocycles. The fourth-order valence-corrected chi connectivity index (χ4v) is 4.83. The summed E-state index contributed by atoms with van der Waals surface area (Å²) in [5, 5.41) is 0.559. The highest BCUT2D eigenvalue weighted by molar-refractivity contribution is 7.99. The molecule has 0 amide bonds. The minimum absolute atomic E-state index is 0.00801. The Hall–Kier alpha value is -0.790. The van der Waals surface area contributed by atoms with Crippen LogP contribution in [0.4, 0.5) is 5.69 Å². The number of aromatic nitrogens is 1. The van der Waals surface area contributed by atoms with Gasteiger partial charge >= 0.3 is 0 Å².